The molecule has 0 amide bonds. The second kappa shape index (κ2) is 4.26. The van der Waals surface area contributed by atoms with Gasteiger partial charge in [0.15, 0.2) is 0 Å². The van der Waals surface area contributed by atoms with Gasteiger partial charge >= 0.3 is 5.97 Å². The average molecular weight is 180 g/mol. The number of carbonyl (C=O) groups is 1. The van der Waals surface area contributed by atoms with Crippen LogP contribution in [0.1, 0.15) is 26.7 Å². The average Bonchev–Trinajstić information content (AvgIpc) is 2.08. The van der Waals surface area contributed by atoms with E-state index in [1.54, 1.807) is 6.08 Å². The maximum Gasteiger partial charge on any atom is 0.303 e. The van der Waals surface area contributed by atoms with Crippen LogP contribution >= 0.6 is 0 Å². The lowest BCUT2D eigenvalue weighted by molar-refractivity contribution is -0.146. The van der Waals surface area contributed by atoms with Crippen LogP contribution in [0.25, 0.3) is 0 Å². The van der Waals surface area contributed by atoms with E-state index in [1.807, 2.05) is 0 Å². The molecular formula is C11H16O2. The molecule has 0 N–H and O–H groups in total. The molecule has 0 aromatic rings. The SMILES string of the molecule is C=CC1=CCCC(C)[C@@H]1OC(C)=O. The number of hydrogen-bond acceptors (Lipinski definition) is 2. The van der Waals surface area contributed by atoms with Crippen LogP contribution in [-0.4, -0.2) is 12.1 Å². The highest BCUT2D eigenvalue weighted by atomic mass is 16.5. The van der Waals surface area contributed by atoms with E-state index >= 15 is 0 Å². The van der Waals surface area contributed by atoms with E-state index < -0.39 is 0 Å². The molecule has 2 atom stereocenters. The largest absolute Gasteiger partial charge is 0.457 e. The Morgan fingerprint density at radius 3 is 3.00 bits per heavy atom. The van der Waals surface area contributed by atoms with Gasteiger partial charge in [0.1, 0.15) is 6.10 Å². The highest BCUT2D eigenvalue weighted by Crippen LogP contribution is 2.27. The van der Waals surface area contributed by atoms with Gasteiger partial charge in [-0.05, 0) is 24.3 Å². The molecular weight excluding hydrogens is 164 g/mol. The summed E-state index contributed by atoms with van der Waals surface area (Å²) in [6, 6.07) is 0. The van der Waals surface area contributed by atoms with Crippen molar-refractivity contribution in [1.82, 2.24) is 0 Å². The first-order chi connectivity index (χ1) is 6.15. The Labute approximate surface area is 79.3 Å². The molecule has 1 aliphatic carbocycles. The zero-order valence-electron chi connectivity index (χ0n) is 8.25. The van der Waals surface area contributed by atoms with E-state index in [2.05, 4.69) is 19.6 Å². The van der Waals surface area contributed by atoms with Crippen molar-refractivity contribution in [2.24, 2.45) is 5.92 Å². The summed E-state index contributed by atoms with van der Waals surface area (Å²) in [4.78, 5) is 10.8. The molecule has 1 rings (SSSR count). The molecule has 2 heteroatoms. The topological polar surface area (TPSA) is 26.3 Å². The summed E-state index contributed by atoms with van der Waals surface area (Å²) in [7, 11) is 0. The Morgan fingerprint density at radius 1 is 1.77 bits per heavy atom. The summed E-state index contributed by atoms with van der Waals surface area (Å²) >= 11 is 0. The molecule has 72 valence electrons. The van der Waals surface area contributed by atoms with Crippen molar-refractivity contribution in [3.8, 4) is 0 Å². The van der Waals surface area contributed by atoms with E-state index in [4.69, 9.17) is 4.74 Å². The summed E-state index contributed by atoms with van der Waals surface area (Å²) < 4.78 is 5.23. The molecule has 0 fully saturated rings. The minimum atomic E-state index is -0.216. The standard InChI is InChI=1S/C11H16O2/c1-4-10-7-5-6-8(2)11(10)13-9(3)12/h4,7-8,11H,1,5-6H2,2-3H3/t8?,11-/m0/s1. The van der Waals surface area contributed by atoms with Crippen LogP contribution in [-0.2, 0) is 9.53 Å². The number of hydrogen-bond donors (Lipinski definition) is 0. The van der Waals surface area contributed by atoms with Crippen molar-refractivity contribution < 1.29 is 9.53 Å². The molecule has 0 aromatic carbocycles. The van der Waals surface area contributed by atoms with Gasteiger partial charge in [0.05, 0.1) is 0 Å². The predicted molar refractivity (Wildman–Crippen MR) is 52.2 cm³/mol. The fraction of sp³-hybridized carbons (Fsp3) is 0.545. The van der Waals surface area contributed by atoms with Crippen LogP contribution in [0.2, 0.25) is 0 Å². The molecule has 1 aliphatic rings. The van der Waals surface area contributed by atoms with Crippen LogP contribution in [0.3, 0.4) is 0 Å². The molecule has 0 bridgehead atoms. The number of esters is 1. The molecule has 0 radical (unpaired) electrons. The zero-order chi connectivity index (χ0) is 9.84. The molecule has 0 saturated carbocycles. The number of allylic oxidation sites excluding steroid dienone is 1. The van der Waals surface area contributed by atoms with E-state index in [-0.39, 0.29) is 12.1 Å². The Morgan fingerprint density at radius 2 is 2.46 bits per heavy atom. The lowest BCUT2D eigenvalue weighted by atomic mass is 9.87. The van der Waals surface area contributed by atoms with Gasteiger partial charge in [-0.3, -0.25) is 4.79 Å². The van der Waals surface area contributed by atoms with E-state index in [0.717, 1.165) is 18.4 Å². The van der Waals surface area contributed by atoms with Gasteiger partial charge in [-0.15, -0.1) is 0 Å². The van der Waals surface area contributed by atoms with Crippen LogP contribution in [0.5, 0.6) is 0 Å². The Kier molecular flexibility index (Phi) is 3.29. The zero-order valence-corrected chi connectivity index (χ0v) is 8.25. The fourth-order valence-corrected chi connectivity index (χ4v) is 1.67. The molecule has 13 heavy (non-hydrogen) atoms. The molecule has 0 saturated heterocycles. The third-order valence-corrected chi connectivity index (χ3v) is 2.38. The van der Waals surface area contributed by atoms with Crippen molar-refractivity contribution in [2.45, 2.75) is 32.8 Å². The van der Waals surface area contributed by atoms with Gasteiger partial charge < -0.3 is 4.74 Å². The van der Waals surface area contributed by atoms with Gasteiger partial charge in [0.2, 0.25) is 0 Å². The minimum Gasteiger partial charge on any atom is -0.457 e. The molecule has 0 aliphatic heterocycles. The van der Waals surface area contributed by atoms with Gasteiger partial charge in [-0.1, -0.05) is 25.7 Å². The number of carbonyl (C=O) groups excluding carboxylic acids is 1. The number of ether oxygens (including phenoxy) is 1. The molecule has 0 spiro atoms. The summed E-state index contributed by atoms with van der Waals surface area (Å²) in [6.07, 6.45) is 5.93. The maximum absolute atomic E-state index is 10.8. The summed E-state index contributed by atoms with van der Waals surface area (Å²) in [5, 5.41) is 0. The fourth-order valence-electron chi connectivity index (χ4n) is 1.67. The van der Waals surface area contributed by atoms with Crippen molar-refractivity contribution in [3.63, 3.8) is 0 Å². The van der Waals surface area contributed by atoms with E-state index in [9.17, 15) is 4.79 Å². The first-order valence-electron chi connectivity index (χ1n) is 4.65. The van der Waals surface area contributed by atoms with Crippen molar-refractivity contribution >= 4 is 5.97 Å². The third-order valence-electron chi connectivity index (χ3n) is 2.38. The summed E-state index contributed by atoms with van der Waals surface area (Å²) in [5.74, 6) is 0.188. The highest BCUT2D eigenvalue weighted by Gasteiger charge is 2.25. The van der Waals surface area contributed by atoms with Crippen LogP contribution in [0.4, 0.5) is 0 Å². The van der Waals surface area contributed by atoms with Crippen LogP contribution in [0.15, 0.2) is 24.3 Å². The summed E-state index contributed by atoms with van der Waals surface area (Å²) in [6.45, 7) is 7.26. The normalized spacial score (nSPS) is 27.7. The molecule has 2 nitrogen and oxygen atoms in total. The quantitative estimate of drug-likeness (QED) is 0.610. The van der Waals surface area contributed by atoms with Gasteiger partial charge in [0.25, 0.3) is 0 Å². The van der Waals surface area contributed by atoms with E-state index in [1.165, 1.54) is 6.92 Å². The summed E-state index contributed by atoms with van der Waals surface area (Å²) in [5.41, 5.74) is 1.05. The Bertz CT molecular complexity index is 240. The van der Waals surface area contributed by atoms with Crippen molar-refractivity contribution in [1.29, 1.82) is 0 Å². The number of rotatable bonds is 2. The third kappa shape index (κ3) is 2.44. The monoisotopic (exact) mass is 180 g/mol. The Hall–Kier alpha value is -1.05. The first kappa shape index (κ1) is 10.0. The van der Waals surface area contributed by atoms with Gasteiger partial charge in [-0.25, -0.2) is 0 Å². The van der Waals surface area contributed by atoms with Crippen molar-refractivity contribution in [2.75, 3.05) is 0 Å². The first-order valence-corrected chi connectivity index (χ1v) is 4.65. The van der Waals surface area contributed by atoms with Crippen LogP contribution in [0, 0.1) is 5.92 Å². The van der Waals surface area contributed by atoms with Gasteiger partial charge in [-0.2, -0.15) is 0 Å². The van der Waals surface area contributed by atoms with Gasteiger partial charge in [0, 0.05) is 6.92 Å². The highest BCUT2D eigenvalue weighted by molar-refractivity contribution is 5.66. The van der Waals surface area contributed by atoms with Crippen LogP contribution < -0.4 is 0 Å². The predicted octanol–water partition coefficient (Wildman–Crippen LogP) is 2.46. The molecule has 0 aromatic heterocycles. The molecule has 1 unspecified atom stereocenters. The lowest BCUT2D eigenvalue weighted by Crippen LogP contribution is -2.28. The van der Waals surface area contributed by atoms with E-state index in [0.29, 0.717) is 5.92 Å². The Balaban J connectivity index is 2.75. The molecule has 0 heterocycles. The minimum absolute atomic E-state index is 0.0799. The lowest BCUT2D eigenvalue weighted by Gasteiger charge is -2.28. The maximum atomic E-state index is 10.8. The smallest absolute Gasteiger partial charge is 0.303 e. The van der Waals surface area contributed by atoms with Crippen molar-refractivity contribution in [3.05, 3.63) is 24.3 Å². The second-order valence-corrected chi connectivity index (χ2v) is 3.49. The second-order valence-electron chi connectivity index (χ2n) is 3.49.